The van der Waals surface area contributed by atoms with E-state index in [1.54, 1.807) is 6.20 Å². The summed E-state index contributed by atoms with van der Waals surface area (Å²) >= 11 is 0. The first-order chi connectivity index (χ1) is 10.4. The molecule has 0 fully saturated rings. The zero-order chi connectivity index (χ0) is 16.1. The van der Waals surface area contributed by atoms with Gasteiger partial charge in [0.15, 0.2) is 0 Å². The summed E-state index contributed by atoms with van der Waals surface area (Å²) < 4.78 is 27.3. The minimum atomic E-state index is -3.35. The summed E-state index contributed by atoms with van der Waals surface area (Å²) in [5, 5.41) is 0. The molecular weight excluding hydrogens is 296 g/mol. The van der Waals surface area contributed by atoms with Gasteiger partial charge in [0.1, 0.15) is 0 Å². The van der Waals surface area contributed by atoms with Crippen LogP contribution in [0.4, 0.5) is 0 Å². The van der Waals surface area contributed by atoms with Crippen molar-refractivity contribution in [1.82, 2.24) is 9.71 Å². The predicted molar refractivity (Wildman–Crippen MR) is 88.9 cm³/mol. The van der Waals surface area contributed by atoms with Crippen LogP contribution in [0.3, 0.4) is 0 Å². The van der Waals surface area contributed by atoms with Crippen LogP contribution in [0, 0.1) is 0 Å². The number of nitrogens with one attached hydrogen (secondary N) is 1. The van der Waals surface area contributed by atoms with Gasteiger partial charge in [-0.15, -0.1) is 0 Å². The van der Waals surface area contributed by atoms with Crippen molar-refractivity contribution in [3.63, 3.8) is 0 Å². The summed E-state index contributed by atoms with van der Waals surface area (Å²) in [6, 6.07) is 15.4. The van der Waals surface area contributed by atoms with Gasteiger partial charge in [-0.05, 0) is 44.4 Å². The smallest absolute Gasteiger partial charge is 0.212 e. The number of hydrogen-bond acceptors (Lipinski definition) is 3. The topological polar surface area (TPSA) is 59.1 Å². The van der Waals surface area contributed by atoms with Crippen molar-refractivity contribution in [1.29, 1.82) is 0 Å². The van der Waals surface area contributed by atoms with E-state index in [0.29, 0.717) is 12.1 Å². The first-order valence-electron chi connectivity index (χ1n) is 7.36. The Bertz CT molecular complexity index is 683. The van der Waals surface area contributed by atoms with Crippen molar-refractivity contribution in [3.05, 3.63) is 66.0 Å². The molecule has 0 unspecified atom stereocenters. The van der Waals surface area contributed by atoms with Crippen molar-refractivity contribution in [2.45, 2.75) is 32.2 Å². The monoisotopic (exact) mass is 318 g/mol. The number of nitrogens with zero attached hydrogens (tertiary/aromatic N) is 1. The molecule has 0 saturated carbocycles. The third-order valence-corrected chi connectivity index (χ3v) is 5.08. The van der Waals surface area contributed by atoms with E-state index in [0.717, 1.165) is 12.0 Å². The van der Waals surface area contributed by atoms with Gasteiger partial charge in [-0.3, -0.25) is 4.98 Å². The lowest BCUT2D eigenvalue weighted by atomic mass is 10.0. The Balaban J connectivity index is 1.93. The number of hydrogen-bond donors (Lipinski definition) is 1. The van der Waals surface area contributed by atoms with Gasteiger partial charge in [0, 0.05) is 6.20 Å². The number of benzene rings is 1. The molecule has 0 saturated heterocycles. The molecule has 1 aromatic heterocycles. The Morgan fingerprint density at radius 3 is 2.36 bits per heavy atom. The van der Waals surface area contributed by atoms with Crippen molar-refractivity contribution in [2.75, 3.05) is 5.75 Å². The Kier molecular flexibility index (Phi) is 5.32. The fraction of sp³-hybridized carbons (Fsp3) is 0.353. The summed E-state index contributed by atoms with van der Waals surface area (Å²) in [6.45, 7) is 3.65. The van der Waals surface area contributed by atoms with Gasteiger partial charge in [0.25, 0.3) is 0 Å². The largest absolute Gasteiger partial charge is 0.259 e. The molecule has 22 heavy (non-hydrogen) atoms. The maximum Gasteiger partial charge on any atom is 0.212 e. The molecular formula is C17H22N2O2S. The number of rotatable bonds is 7. The molecule has 5 heteroatoms. The van der Waals surface area contributed by atoms with Gasteiger partial charge >= 0.3 is 0 Å². The van der Waals surface area contributed by atoms with Crippen LogP contribution in [0.25, 0.3) is 0 Å². The molecule has 0 aliphatic heterocycles. The van der Waals surface area contributed by atoms with E-state index < -0.39 is 15.6 Å². The Morgan fingerprint density at radius 1 is 1.05 bits per heavy atom. The first-order valence-corrected chi connectivity index (χ1v) is 9.01. The van der Waals surface area contributed by atoms with E-state index in [4.69, 9.17) is 0 Å². The van der Waals surface area contributed by atoms with Crippen LogP contribution >= 0.6 is 0 Å². The van der Waals surface area contributed by atoms with Crippen molar-refractivity contribution in [3.8, 4) is 0 Å². The molecule has 1 heterocycles. The molecule has 0 aliphatic carbocycles. The number of aryl methyl sites for hydroxylation is 1. The number of aromatic nitrogens is 1. The number of sulfonamides is 1. The zero-order valence-corrected chi connectivity index (χ0v) is 13.8. The highest BCUT2D eigenvalue weighted by atomic mass is 32.2. The third-order valence-electron chi connectivity index (χ3n) is 3.44. The molecule has 2 aromatic rings. The summed E-state index contributed by atoms with van der Waals surface area (Å²) in [6.07, 6.45) is 3.02. The van der Waals surface area contributed by atoms with E-state index in [1.165, 1.54) is 0 Å². The minimum absolute atomic E-state index is 0.109. The van der Waals surface area contributed by atoms with Gasteiger partial charge < -0.3 is 0 Å². The molecule has 0 amide bonds. The lowest BCUT2D eigenvalue weighted by Crippen LogP contribution is -2.42. The molecule has 0 radical (unpaired) electrons. The second-order valence-corrected chi connectivity index (χ2v) is 7.69. The predicted octanol–water partition coefficient (Wildman–Crippen LogP) is 2.87. The van der Waals surface area contributed by atoms with E-state index in [9.17, 15) is 8.42 Å². The van der Waals surface area contributed by atoms with Crippen LogP contribution in [-0.4, -0.2) is 19.2 Å². The fourth-order valence-corrected chi connectivity index (χ4v) is 3.84. The SMILES string of the molecule is CC(C)(NS(=O)(=O)CCCc1ccccc1)c1ccccn1. The lowest BCUT2D eigenvalue weighted by molar-refractivity contribution is 0.459. The van der Waals surface area contributed by atoms with Crippen LogP contribution in [0.5, 0.6) is 0 Å². The van der Waals surface area contributed by atoms with Crippen molar-refractivity contribution < 1.29 is 8.42 Å². The Hall–Kier alpha value is -1.72. The van der Waals surface area contributed by atoms with Crippen LogP contribution in [0.1, 0.15) is 31.5 Å². The molecule has 4 nitrogen and oxygen atoms in total. The quantitative estimate of drug-likeness (QED) is 0.854. The summed E-state index contributed by atoms with van der Waals surface area (Å²) in [7, 11) is -3.35. The van der Waals surface area contributed by atoms with Crippen LogP contribution in [0.15, 0.2) is 54.7 Å². The molecule has 2 rings (SSSR count). The van der Waals surface area contributed by atoms with Gasteiger partial charge in [-0.25, -0.2) is 13.1 Å². The number of pyridine rings is 1. The maximum atomic E-state index is 12.3. The van der Waals surface area contributed by atoms with E-state index in [1.807, 2.05) is 62.4 Å². The fourth-order valence-electron chi connectivity index (χ4n) is 2.34. The lowest BCUT2D eigenvalue weighted by Gasteiger charge is -2.25. The molecule has 0 spiro atoms. The van der Waals surface area contributed by atoms with E-state index >= 15 is 0 Å². The van der Waals surface area contributed by atoms with Crippen LogP contribution < -0.4 is 4.72 Å². The van der Waals surface area contributed by atoms with Crippen molar-refractivity contribution >= 4 is 10.0 Å². The van der Waals surface area contributed by atoms with Gasteiger partial charge in [-0.2, -0.15) is 0 Å². The highest BCUT2D eigenvalue weighted by Gasteiger charge is 2.27. The highest BCUT2D eigenvalue weighted by molar-refractivity contribution is 7.89. The minimum Gasteiger partial charge on any atom is -0.259 e. The Morgan fingerprint density at radius 2 is 1.73 bits per heavy atom. The van der Waals surface area contributed by atoms with Crippen LogP contribution in [-0.2, 0) is 22.0 Å². The summed E-state index contributed by atoms with van der Waals surface area (Å²) in [5.74, 6) is 0.109. The highest BCUT2D eigenvalue weighted by Crippen LogP contribution is 2.18. The second kappa shape index (κ2) is 7.03. The summed E-state index contributed by atoms with van der Waals surface area (Å²) in [4.78, 5) is 4.24. The van der Waals surface area contributed by atoms with Gasteiger partial charge in [0.05, 0.1) is 17.0 Å². The maximum absolute atomic E-state index is 12.3. The molecule has 0 bridgehead atoms. The summed E-state index contributed by atoms with van der Waals surface area (Å²) in [5.41, 5.74) is 1.15. The van der Waals surface area contributed by atoms with Gasteiger partial charge in [0.2, 0.25) is 10.0 Å². The Labute approximate surface area is 132 Å². The van der Waals surface area contributed by atoms with Gasteiger partial charge in [-0.1, -0.05) is 36.4 Å². The van der Waals surface area contributed by atoms with E-state index in [-0.39, 0.29) is 5.75 Å². The van der Waals surface area contributed by atoms with E-state index in [2.05, 4.69) is 9.71 Å². The third kappa shape index (κ3) is 4.93. The first kappa shape index (κ1) is 16.6. The second-order valence-electron chi connectivity index (χ2n) is 5.85. The average molecular weight is 318 g/mol. The standard InChI is InChI=1S/C17H22N2O2S/c1-17(2,16-12-6-7-13-18-16)19-22(20,21)14-8-11-15-9-4-3-5-10-15/h3-7,9-10,12-13,19H,8,11,14H2,1-2H3. The molecule has 0 aliphatic rings. The van der Waals surface area contributed by atoms with Crippen molar-refractivity contribution in [2.24, 2.45) is 0 Å². The van der Waals surface area contributed by atoms with Crippen LogP contribution in [0.2, 0.25) is 0 Å². The normalized spacial score (nSPS) is 12.3. The molecule has 0 atom stereocenters. The molecule has 1 aromatic carbocycles. The molecule has 118 valence electrons. The zero-order valence-electron chi connectivity index (χ0n) is 13.0. The average Bonchev–Trinajstić information content (AvgIpc) is 2.48. The molecule has 1 N–H and O–H groups in total.